The number of H-pyrrole nitrogens is 1. The van der Waals surface area contributed by atoms with Gasteiger partial charge >= 0.3 is 5.69 Å². The Morgan fingerprint density at radius 1 is 1.35 bits per heavy atom. The van der Waals surface area contributed by atoms with Crippen molar-refractivity contribution < 1.29 is 0 Å². The SMILES string of the molecule is CCc1nc(=O)[nH]c(CC2CCNCC2)c1C. The summed E-state index contributed by atoms with van der Waals surface area (Å²) in [5, 5.41) is 3.36. The van der Waals surface area contributed by atoms with Gasteiger partial charge < -0.3 is 10.3 Å². The topological polar surface area (TPSA) is 57.8 Å². The molecule has 94 valence electrons. The van der Waals surface area contributed by atoms with E-state index in [2.05, 4.69) is 22.2 Å². The first-order valence-electron chi connectivity index (χ1n) is 6.50. The third-order valence-electron chi connectivity index (χ3n) is 3.67. The van der Waals surface area contributed by atoms with Gasteiger partial charge in [-0.15, -0.1) is 0 Å². The van der Waals surface area contributed by atoms with Crippen LogP contribution >= 0.6 is 0 Å². The molecule has 1 aliphatic heterocycles. The molecular formula is C13H21N3O. The fraction of sp³-hybridized carbons (Fsp3) is 0.692. The number of hydrogen-bond donors (Lipinski definition) is 2. The second kappa shape index (κ2) is 5.45. The van der Waals surface area contributed by atoms with E-state index in [1.54, 1.807) is 0 Å². The Balaban J connectivity index is 2.19. The van der Waals surface area contributed by atoms with Crippen molar-refractivity contribution in [2.24, 2.45) is 5.92 Å². The summed E-state index contributed by atoms with van der Waals surface area (Å²) in [7, 11) is 0. The van der Waals surface area contributed by atoms with Crippen LogP contribution in [0.2, 0.25) is 0 Å². The lowest BCUT2D eigenvalue weighted by molar-refractivity contribution is 0.369. The Kier molecular flexibility index (Phi) is 3.94. The molecule has 2 N–H and O–H groups in total. The third kappa shape index (κ3) is 2.94. The van der Waals surface area contributed by atoms with Crippen molar-refractivity contribution >= 4 is 0 Å². The maximum atomic E-state index is 11.5. The van der Waals surface area contributed by atoms with Crippen LogP contribution in [0.3, 0.4) is 0 Å². The van der Waals surface area contributed by atoms with Crippen molar-refractivity contribution in [3.8, 4) is 0 Å². The third-order valence-corrected chi connectivity index (χ3v) is 3.67. The summed E-state index contributed by atoms with van der Waals surface area (Å²) in [5.74, 6) is 0.692. The van der Waals surface area contributed by atoms with Crippen LogP contribution in [0, 0.1) is 12.8 Å². The van der Waals surface area contributed by atoms with E-state index in [0.717, 1.165) is 37.3 Å². The molecule has 0 aliphatic carbocycles. The molecule has 0 bridgehead atoms. The Morgan fingerprint density at radius 3 is 2.71 bits per heavy atom. The zero-order valence-electron chi connectivity index (χ0n) is 10.7. The van der Waals surface area contributed by atoms with E-state index in [0.29, 0.717) is 5.92 Å². The lowest BCUT2D eigenvalue weighted by Crippen LogP contribution is -2.29. The van der Waals surface area contributed by atoms with Crippen LogP contribution in [0.25, 0.3) is 0 Å². The summed E-state index contributed by atoms with van der Waals surface area (Å²) >= 11 is 0. The lowest BCUT2D eigenvalue weighted by Gasteiger charge is -2.23. The minimum absolute atomic E-state index is 0.198. The van der Waals surface area contributed by atoms with E-state index in [1.807, 2.05) is 6.92 Å². The number of rotatable bonds is 3. The smallest absolute Gasteiger partial charge is 0.317 e. The van der Waals surface area contributed by atoms with Gasteiger partial charge in [-0.2, -0.15) is 4.98 Å². The van der Waals surface area contributed by atoms with Crippen LogP contribution in [0.15, 0.2) is 4.79 Å². The van der Waals surface area contributed by atoms with Crippen molar-refractivity contribution in [1.82, 2.24) is 15.3 Å². The Labute approximate surface area is 102 Å². The fourth-order valence-corrected chi connectivity index (χ4v) is 2.55. The van der Waals surface area contributed by atoms with Crippen LogP contribution in [0.4, 0.5) is 0 Å². The number of nitrogens with zero attached hydrogens (tertiary/aromatic N) is 1. The van der Waals surface area contributed by atoms with Gasteiger partial charge in [0, 0.05) is 5.69 Å². The van der Waals surface area contributed by atoms with Crippen molar-refractivity contribution in [2.45, 2.75) is 39.5 Å². The zero-order valence-corrected chi connectivity index (χ0v) is 10.7. The molecule has 4 heteroatoms. The van der Waals surface area contributed by atoms with E-state index in [9.17, 15) is 4.79 Å². The first-order chi connectivity index (χ1) is 8.20. The molecule has 4 nitrogen and oxygen atoms in total. The van der Waals surface area contributed by atoms with E-state index in [4.69, 9.17) is 0 Å². The number of aryl methyl sites for hydroxylation is 1. The molecule has 1 aliphatic rings. The second-order valence-electron chi connectivity index (χ2n) is 4.84. The summed E-state index contributed by atoms with van der Waals surface area (Å²) in [5.41, 5.74) is 3.01. The summed E-state index contributed by atoms with van der Waals surface area (Å²) in [6.45, 7) is 6.31. The maximum Gasteiger partial charge on any atom is 0.345 e. The molecule has 0 atom stereocenters. The van der Waals surface area contributed by atoms with E-state index in [-0.39, 0.29) is 5.69 Å². The van der Waals surface area contributed by atoms with Gasteiger partial charge in [0.05, 0.1) is 5.69 Å². The molecule has 0 unspecified atom stereocenters. The summed E-state index contributed by atoms with van der Waals surface area (Å²) in [6.07, 6.45) is 4.21. The Bertz CT molecular complexity index is 433. The van der Waals surface area contributed by atoms with Gasteiger partial charge in [0.15, 0.2) is 0 Å². The van der Waals surface area contributed by atoms with E-state index >= 15 is 0 Å². The highest BCUT2D eigenvalue weighted by Crippen LogP contribution is 2.19. The molecule has 0 aromatic carbocycles. The quantitative estimate of drug-likeness (QED) is 0.827. The summed E-state index contributed by atoms with van der Waals surface area (Å²) < 4.78 is 0. The second-order valence-corrected chi connectivity index (χ2v) is 4.84. The monoisotopic (exact) mass is 235 g/mol. The van der Waals surface area contributed by atoms with Crippen molar-refractivity contribution in [2.75, 3.05) is 13.1 Å². The molecular weight excluding hydrogens is 214 g/mol. The lowest BCUT2D eigenvalue weighted by atomic mass is 9.91. The molecule has 0 radical (unpaired) electrons. The fourth-order valence-electron chi connectivity index (χ4n) is 2.55. The van der Waals surface area contributed by atoms with Gasteiger partial charge in [-0.3, -0.25) is 0 Å². The number of hydrogen-bond acceptors (Lipinski definition) is 3. The first kappa shape index (κ1) is 12.3. The van der Waals surface area contributed by atoms with Gasteiger partial charge in [0.2, 0.25) is 0 Å². The molecule has 1 fully saturated rings. The van der Waals surface area contributed by atoms with Gasteiger partial charge in [-0.05, 0) is 57.2 Å². The highest BCUT2D eigenvalue weighted by molar-refractivity contribution is 5.23. The van der Waals surface area contributed by atoms with Crippen molar-refractivity contribution in [1.29, 1.82) is 0 Å². The van der Waals surface area contributed by atoms with E-state index in [1.165, 1.54) is 18.4 Å². The van der Waals surface area contributed by atoms with Gasteiger partial charge in [-0.1, -0.05) is 6.92 Å². The Morgan fingerprint density at radius 2 is 2.06 bits per heavy atom. The maximum absolute atomic E-state index is 11.5. The number of aromatic amines is 1. The highest BCUT2D eigenvalue weighted by Gasteiger charge is 2.16. The standard InChI is InChI=1S/C13H21N3O/c1-3-11-9(2)12(16-13(17)15-11)8-10-4-6-14-7-5-10/h10,14H,3-8H2,1-2H3,(H,15,16,17). The molecule has 17 heavy (non-hydrogen) atoms. The minimum Gasteiger partial charge on any atom is -0.317 e. The molecule has 1 saturated heterocycles. The predicted octanol–water partition coefficient (Wildman–Crippen LogP) is 1.18. The van der Waals surface area contributed by atoms with Crippen LogP contribution in [-0.4, -0.2) is 23.1 Å². The largest absolute Gasteiger partial charge is 0.345 e. The van der Waals surface area contributed by atoms with Crippen LogP contribution in [0.1, 0.15) is 36.7 Å². The number of nitrogens with one attached hydrogen (secondary N) is 2. The molecule has 0 saturated carbocycles. The van der Waals surface area contributed by atoms with Gasteiger partial charge in [-0.25, -0.2) is 4.79 Å². The molecule has 2 rings (SSSR count). The highest BCUT2D eigenvalue weighted by atomic mass is 16.1. The Hall–Kier alpha value is -1.16. The zero-order chi connectivity index (χ0) is 12.3. The molecule has 0 amide bonds. The molecule has 2 heterocycles. The average Bonchev–Trinajstić information content (AvgIpc) is 2.34. The first-order valence-corrected chi connectivity index (χ1v) is 6.50. The molecule has 1 aromatic heterocycles. The van der Waals surface area contributed by atoms with Crippen LogP contribution < -0.4 is 11.0 Å². The molecule has 0 spiro atoms. The predicted molar refractivity (Wildman–Crippen MR) is 68.3 cm³/mol. The minimum atomic E-state index is -0.198. The number of aromatic nitrogens is 2. The van der Waals surface area contributed by atoms with Crippen molar-refractivity contribution in [3.63, 3.8) is 0 Å². The molecule has 1 aromatic rings. The van der Waals surface area contributed by atoms with Gasteiger partial charge in [0.25, 0.3) is 0 Å². The number of piperidine rings is 1. The van der Waals surface area contributed by atoms with Crippen molar-refractivity contribution in [3.05, 3.63) is 27.4 Å². The van der Waals surface area contributed by atoms with Gasteiger partial charge in [0.1, 0.15) is 0 Å². The van der Waals surface area contributed by atoms with E-state index < -0.39 is 0 Å². The average molecular weight is 235 g/mol. The summed E-state index contributed by atoms with van der Waals surface area (Å²) in [6, 6.07) is 0. The normalized spacial score (nSPS) is 17.3. The van der Waals surface area contributed by atoms with Crippen LogP contribution in [0.5, 0.6) is 0 Å². The van der Waals surface area contributed by atoms with Crippen LogP contribution in [-0.2, 0) is 12.8 Å². The summed E-state index contributed by atoms with van der Waals surface area (Å²) in [4.78, 5) is 18.4.